The van der Waals surface area contributed by atoms with Gasteiger partial charge in [0.1, 0.15) is 15.2 Å². The van der Waals surface area contributed by atoms with Crippen LogP contribution in [0.3, 0.4) is 0 Å². The molecule has 0 saturated carbocycles. The van der Waals surface area contributed by atoms with E-state index in [0.29, 0.717) is 0 Å². The van der Waals surface area contributed by atoms with Gasteiger partial charge in [-0.2, -0.15) is 0 Å². The summed E-state index contributed by atoms with van der Waals surface area (Å²) in [6.45, 7) is 5.17. The third-order valence-electron chi connectivity index (χ3n) is 6.40. The van der Waals surface area contributed by atoms with Crippen LogP contribution in [0.2, 0.25) is 13.1 Å². The van der Waals surface area contributed by atoms with Gasteiger partial charge in [0.15, 0.2) is 0 Å². The van der Waals surface area contributed by atoms with Crippen LogP contribution >= 0.6 is 0 Å². The third kappa shape index (κ3) is 2.99. The molecule has 4 aromatic rings. The summed E-state index contributed by atoms with van der Waals surface area (Å²) in [4.78, 5) is 0. The van der Waals surface area contributed by atoms with Gasteiger partial charge in [0, 0.05) is 0 Å². The summed E-state index contributed by atoms with van der Waals surface area (Å²) >= 11 is 0. The van der Waals surface area contributed by atoms with Gasteiger partial charge in [0.2, 0.25) is 0 Å². The molecule has 0 atom stereocenters. The maximum absolute atomic E-state index is 2.59. The number of benzene rings is 4. The highest BCUT2D eigenvalue weighted by Gasteiger charge is 2.53. The number of rotatable bonds is 5. The fraction of sp³-hybridized carbons (Fsp3) is 0.0769. The Morgan fingerprint density at radius 1 is 0.321 bits per heavy atom. The molecule has 0 unspecified atom stereocenters. The van der Waals surface area contributed by atoms with E-state index in [1.807, 2.05) is 0 Å². The van der Waals surface area contributed by atoms with Crippen LogP contribution in [0.1, 0.15) is 0 Å². The van der Waals surface area contributed by atoms with E-state index in [1.165, 1.54) is 20.7 Å². The Balaban J connectivity index is 2.09. The lowest BCUT2D eigenvalue weighted by atomic mass is 10.4. The van der Waals surface area contributed by atoms with E-state index in [9.17, 15) is 0 Å². The molecule has 0 aromatic heterocycles. The van der Waals surface area contributed by atoms with E-state index < -0.39 is 15.2 Å². The zero-order valence-corrected chi connectivity index (χ0v) is 18.5. The summed E-state index contributed by atoms with van der Waals surface area (Å²) in [6.07, 6.45) is 0. The van der Waals surface area contributed by atoms with Crippen LogP contribution in [-0.2, 0) is 0 Å². The van der Waals surface area contributed by atoms with Crippen LogP contribution in [0.25, 0.3) is 0 Å². The minimum Gasteiger partial charge on any atom is -0.0628 e. The Hall–Kier alpha value is -2.69. The van der Waals surface area contributed by atoms with Gasteiger partial charge in [-0.3, -0.25) is 0 Å². The molecular formula is C26H26Si2. The van der Waals surface area contributed by atoms with Crippen LogP contribution in [0, 0.1) is 0 Å². The second kappa shape index (κ2) is 7.74. The molecule has 138 valence electrons. The first-order valence-electron chi connectivity index (χ1n) is 9.89. The fourth-order valence-corrected chi connectivity index (χ4v) is 19.9. The molecule has 0 amide bonds. The normalized spacial score (nSPS) is 11.9. The summed E-state index contributed by atoms with van der Waals surface area (Å²) in [5.74, 6) is 0. The molecule has 0 fully saturated rings. The molecule has 4 rings (SSSR count). The quantitative estimate of drug-likeness (QED) is 0.451. The first kappa shape index (κ1) is 18.7. The molecule has 0 heterocycles. The first-order chi connectivity index (χ1) is 13.7. The molecule has 0 saturated heterocycles. The van der Waals surface area contributed by atoms with E-state index in [-0.39, 0.29) is 0 Å². The maximum Gasteiger partial charge on any atom is 0.118 e. The van der Waals surface area contributed by atoms with Gasteiger partial charge in [0.05, 0.1) is 0 Å². The van der Waals surface area contributed by atoms with Gasteiger partial charge in [-0.1, -0.05) is 155 Å². The molecule has 28 heavy (non-hydrogen) atoms. The average Bonchev–Trinajstić information content (AvgIpc) is 2.80. The van der Waals surface area contributed by atoms with E-state index >= 15 is 0 Å². The minimum atomic E-state index is -2.10. The standard InChI is InChI=1S/C26H26Si2/c1-27(23-15-7-3-8-16-23,24-17-9-4-10-18-24)28(2,25-19-11-5-12-20-25)26-21-13-6-14-22-26/h3-22H,1-2H3. The first-order valence-corrected chi connectivity index (χ1v) is 15.9. The van der Waals surface area contributed by atoms with Crippen molar-refractivity contribution in [2.45, 2.75) is 13.1 Å². The molecule has 0 N–H and O–H groups in total. The molecule has 0 bridgehead atoms. The highest BCUT2D eigenvalue weighted by molar-refractivity contribution is 7.59. The van der Waals surface area contributed by atoms with Crippen molar-refractivity contribution in [3.8, 4) is 0 Å². The molecule has 0 aliphatic carbocycles. The molecular weight excluding hydrogens is 368 g/mol. The monoisotopic (exact) mass is 394 g/mol. The highest BCUT2D eigenvalue weighted by Crippen LogP contribution is 2.21. The Kier molecular flexibility index (Phi) is 5.16. The predicted octanol–water partition coefficient (Wildman–Crippen LogP) is 3.85. The largest absolute Gasteiger partial charge is 0.118 e. The molecule has 0 aliphatic rings. The van der Waals surface area contributed by atoms with E-state index in [0.717, 1.165) is 0 Å². The molecule has 0 spiro atoms. The molecule has 0 aliphatic heterocycles. The van der Waals surface area contributed by atoms with Gasteiger partial charge >= 0.3 is 0 Å². The van der Waals surface area contributed by atoms with Crippen LogP contribution in [-0.4, -0.2) is 15.2 Å². The lowest BCUT2D eigenvalue weighted by molar-refractivity contribution is 1.67. The zero-order valence-electron chi connectivity index (χ0n) is 16.5. The lowest BCUT2D eigenvalue weighted by Crippen LogP contribution is -2.82. The van der Waals surface area contributed by atoms with Crippen molar-refractivity contribution in [3.63, 3.8) is 0 Å². The van der Waals surface area contributed by atoms with E-state index in [1.54, 1.807) is 0 Å². The van der Waals surface area contributed by atoms with Gasteiger partial charge in [-0.15, -0.1) is 0 Å². The minimum absolute atomic E-state index is 1.52. The third-order valence-corrected chi connectivity index (χ3v) is 23.8. The average molecular weight is 395 g/mol. The van der Waals surface area contributed by atoms with Crippen molar-refractivity contribution in [2.24, 2.45) is 0 Å². The summed E-state index contributed by atoms with van der Waals surface area (Å²) in [6, 6.07) is 45.0. The second-order valence-electron chi connectivity index (χ2n) is 7.71. The van der Waals surface area contributed by atoms with E-state index in [2.05, 4.69) is 134 Å². The van der Waals surface area contributed by atoms with E-state index in [4.69, 9.17) is 0 Å². The Morgan fingerprint density at radius 3 is 0.679 bits per heavy atom. The molecule has 4 aromatic carbocycles. The molecule has 2 heteroatoms. The smallest absolute Gasteiger partial charge is 0.0628 e. The Morgan fingerprint density at radius 2 is 0.500 bits per heavy atom. The number of hydrogen-bond donors (Lipinski definition) is 0. The Bertz CT molecular complexity index is 847. The summed E-state index contributed by atoms with van der Waals surface area (Å²) in [5, 5.41) is 6.07. The van der Waals surface area contributed by atoms with Crippen LogP contribution in [0.15, 0.2) is 121 Å². The lowest BCUT2D eigenvalue weighted by Gasteiger charge is -2.45. The van der Waals surface area contributed by atoms with Gasteiger partial charge in [0.25, 0.3) is 0 Å². The zero-order chi connectivity index (χ0) is 19.5. The van der Waals surface area contributed by atoms with Crippen molar-refractivity contribution in [2.75, 3.05) is 0 Å². The van der Waals surface area contributed by atoms with Gasteiger partial charge in [-0.25, -0.2) is 0 Å². The predicted molar refractivity (Wildman–Crippen MR) is 128 cm³/mol. The summed E-state index contributed by atoms with van der Waals surface area (Å²) < 4.78 is 0. The summed E-state index contributed by atoms with van der Waals surface area (Å²) in [5.41, 5.74) is 0. The molecule has 0 nitrogen and oxygen atoms in total. The maximum atomic E-state index is 2.59. The molecule has 0 radical (unpaired) electrons. The van der Waals surface area contributed by atoms with Gasteiger partial charge < -0.3 is 0 Å². The fourth-order valence-electron chi connectivity index (χ4n) is 4.57. The van der Waals surface area contributed by atoms with Crippen molar-refractivity contribution in [3.05, 3.63) is 121 Å². The van der Waals surface area contributed by atoms with Crippen LogP contribution in [0.4, 0.5) is 0 Å². The highest BCUT2D eigenvalue weighted by atomic mass is 29.3. The SMILES string of the molecule is C[Si](c1ccccc1)(c1ccccc1)[Si](C)(c1ccccc1)c1ccccc1. The topological polar surface area (TPSA) is 0 Å². The van der Waals surface area contributed by atoms with Crippen LogP contribution < -0.4 is 20.7 Å². The number of hydrogen-bond acceptors (Lipinski definition) is 0. The van der Waals surface area contributed by atoms with Gasteiger partial charge in [-0.05, 0) is 0 Å². The van der Waals surface area contributed by atoms with Crippen LogP contribution in [0.5, 0.6) is 0 Å². The van der Waals surface area contributed by atoms with Crippen molar-refractivity contribution < 1.29 is 0 Å². The summed E-state index contributed by atoms with van der Waals surface area (Å²) in [7, 11) is -4.20. The second-order valence-corrected chi connectivity index (χ2v) is 20.5. The van der Waals surface area contributed by atoms with Crippen molar-refractivity contribution in [1.29, 1.82) is 0 Å². The Labute approximate surface area is 170 Å². The van der Waals surface area contributed by atoms with Crippen molar-refractivity contribution >= 4 is 35.9 Å². The van der Waals surface area contributed by atoms with Crippen molar-refractivity contribution in [1.82, 2.24) is 0 Å².